The van der Waals surface area contributed by atoms with E-state index in [1.54, 1.807) is 0 Å². The van der Waals surface area contributed by atoms with Crippen molar-refractivity contribution in [3.63, 3.8) is 0 Å². The maximum Gasteiger partial charge on any atom is 0.308 e. The monoisotopic (exact) mass is 199 g/mol. The predicted octanol–water partition coefficient (Wildman–Crippen LogP) is 1.83. The molecule has 0 radical (unpaired) electrons. The zero-order valence-corrected chi connectivity index (χ0v) is 9.20. The number of nitrogens with zero attached hydrogens (tertiary/aromatic N) is 1. The quantitative estimate of drug-likeness (QED) is 0.687. The number of carboxylic acids is 1. The molecule has 3 heteroatoms. The summed E-state index contributed by atoms with van der Waals surface area (Å²) in [6.45, 7) is 7.01. The Labute approximate surface area is 86.1 Å². The number of unbranched alkanes of at least 4 members (excludes halogenated alkanes) is 2. The summed E-state index contributed by atoms with van der Waals surface area (Å²) in [4.78, 5) is 13.2. The molecule has 14 heavy (non-hydrogen) atoms. The van der Waals surface area contributed by atoms with Gasteiger partial charge in [-0.25, -0.2) is 0 Å². The van der Waals surface area contributed by atoms with E-state index < -0.39 is 5.97 Å². The van der Waals surface area contributed by atoms with Gasteiger partial charge in [-0.3, -0.25) is 4.79 Å². The summed E-state index contributed by atoms with van der Waals surface area (Å²) in [5, 5.41) is 8.95. The highest BCUT2D eigenvalue weighted by Crippen LogP contribution is 2.23. The molecular weight excluding hydrogens is 178 g/mol. The van der Waals surface area contributed by atoms with Gasteiger partial charge in [-0.1, -0.05) is 26.7 Å². The van der Waals surface area contributed by atoms with Crippen molar-refractivity contribution < 1.29 is 9.90 Å². The molecule has 0 aromatic carbocycles. The number of aliphatic carboxylic acids is 1. The van der Waals surface area contributed by atoms with Crippen LogP contribution in [0.1, 0.15) is 33.1 Å². The van der Waals surface area contributed by atoms with E-state index >= 15 is 0 Å². The molecule has 1 N–H and O–H groups in total. The van der Waals surface area contributed by atoms with Crippen molar-refractivity contribution in [1.29, 1.82) is 0 Å². The smallest absolute Gasteiger partial charge is 0.308 e. The lowest BCUT2D eigenvalue weighted by atomic mass is 9.99. The number of hydrogen-bond donors (Lipinski definition) is 1. The van der Waals surface area contributed by atoms with E-state index in [9.17, 15) is 4.79 Å². The van der Waals surface area contributed by atoms with Gasteiger partial charge in [0.25, 0.3) is 0 Å². The van der Waals surface area contributed by atoms with Crippen LogP contribution in [0.4, 0.5) is 0 Å². The standard InChI is InChI=1S/C11H21NO2/c1-3-4-5-6-12-7-9(2)10(8-12)11(13)14/h9-10H,3-8H2,1-2H3,(H,13,14). The molecular formula is C11H21NO2. The number of carbonyl (C=O) groups is 1. The van der Waals surface area contributed by atoms with E-state index in [-0.39, 0.29) is 5.92 Å². The number of rotatable bonds is 5. The third-order valence-corrected chi connectivity index (χ3v) is 3.08. The number of carboxylic acid groups (broad SMARTS) is 1. The molecule has 0 amide bonds. The molecule has 0 aliphatic carbocycles. The van der Waals surface area contributed by atoms with E-state index in [1.165, 1.54) is 19.3 Å². The van der Waals surface area contributed by atoms with Crippen LogP contribution in [0.3, 0.4) is 0 Å². The van der Waals surface area contributed by atoms with E-state index in [0.29, 0.717) is 5.92 Å². The lowest BCUT2D eigenvalue weighted by molar-refractivity contribution is -0.142. The van der Waals surface area contributed by atoms with Crippen LogP contribution in [-0.2, 0) is 4.79 Å². The first-order chi connectivity index (χ1) is 6.65. The van der Waals surface area contributed by atoms with E-state index in [2.05, 4.69) is 11.8 Å². The summed E-state index contributed by atoms with van der Waals surface area (Å²) in [6.07, 6.45) is 3.68. The van der Waals surface area contributed by atoms with Gasteiger partial charge in [0.1, 0.15) is 0 Å². The molecule has 1 aliphatic rings. The van der Waals surface area contributed by atoms with Crippen molar-refractivity contribution in [1.82, 2.24) is 4.90 Å². The Hall–Kier alpha value is -0.570. The second-order valence-corrected chi connectivity index (χ2v) is 4.39. The second-order valence-electron chi connectivity index (χ2n) is 4.39. The SMILES string of the molecule is CCCCCN1CC(C)C(C(=O)O)C1. The maximum absolute atomic E-state index is 10.9. The Morgan fingerprint density at radius 3 is 2.64 bits per heavy atom. The van der Waals surface area contributed by atoms with Crippen molar-refractivity contribution in [2.45, 2.75) is 33.1 Å². The minimum Gasteiger partial charge on any atom is -0.481 e. The molecule has 2 atom stereocenters. The zero-order chi connectivity index (χ0) is 10.6. The molecule has 1 rings (SSSR count). The van der Waals surface area contributed by atoms with Gasteiger partial charge in [0.2, 0.25) is 0 Å². The molecule has 1 heterocycles. The maximum atomic E-state index is 10.9. The summed E-state index contributed by atoms with van der Waals surface area (Å²) in [7, 11) is 0. The Morgan fingerprint density at radius 2 is 2.14 bits per heavy atom. The van der Waals surface area contributed by atoms with Gasteiger partial charge in [0, 0.05) is 13.1 Å². The molecule has 2 unspecified atom stereocenters. The third kappa shape index (κ3) is 2.98. The fraction of sp³-hybridized carbons (Fsp3) is 0.909. The lowest BCUT2D eigenvalue weighted by Crippen LogP contribution is -2.24. The van der Waals surface area contributed by atoms with Crippen LogP contribution in [0.15, 0.2) is 0 Å². The highest BCUT2D eigenvalue weighted by atomic mass is 16.4. The van der Waals surface area contributed by atoms with Crippen molar-refractivity contribution in [3.8, 4) is 0 Å². The van der Waals surface area contributed by atoms with Crippen molar-refractivity contribution in [2.75, 3.05) is 19.6 Å². The normalized spacial score (nSPS) is 28.1. The summed E-state index contributed by atoms with van der Waals surface area (Å²) in [5.41, 5.74) is 0. The van der Waals surface area contributed by atoms with Crippen LogP contribution in [0.5, 0.6) is 0 Å². The Balaban J connectivity index is 2.28. The largest absolute Gasteiger partial charge is 0.481 e. The third-order valence-electron chi connectivity index (χ3n) is 3.08. The fourth-order valence-electron chi connectivity index (χ4n) is 2.16. The van der Waals surface area contributed by atoms with Crippen LogP contribution >= 0.6 is 0 Å². The van der Waals surface area contributed by atoms with Gasteiger partial charge >= 0.3 is 5.97 Å². The molecule has 0 aromatic rings. The first kappa shape index (κ1) is 11.5. The zero-order valence-electron chi connectivity index (χ0n) is 9.20. The van der Waals surface area contributed by atoms with E-state index in [0.717, 1.165) is 19.6 Å². The van der Waals surface area contributed by atoms with E-state index in [1.807, 2.05) is 6.92 Å². The van der Waals surface area contributed by atoms with Gasteiger partial charge < -0.3 is 10.0 Å². The Morgan fingerprint density at radius 1 is 1.43 bits per heavy atom. The predicted molar refractivity (Wildman–Crippen MR) is 56.3 cm³/mol. The van der Waals surface area contributed by atoms with E-state index in [4.69, 9.17) is 5.11 Å². The Kier molecular flexibility index (Phi) is 4.39. The first-order valence-corrected chi connectivity index (χ1v) is 5.60. The fourth-order valence-corrected chi connectivity index (χ4v) is 2.16. The topological polar surface area (TPSA) is 40.5 Å². The minimum absolute atomic E-state index is 0.142. The van der Waals surface area contributed by atoms with Crippen LogP contribution in [0, 0.1) is 11.8 Å². The summed E-state index contributed by atoms with van der Waals surface area (Å²) in [6, 6.07) is 0. The van der Waals surface area contributed by atoms with Crippen LogP contribution < -0.4 is 0 Å². The van der Waals surface area contributed by atoms with Crippen molar-refractivity contribution in [2.24, 2.45) is 11.8 Å². The molecule has 3 nitrogen and oxygen atoms in total. The lowest BCUT2D eigenvalue weighted by Gasteiger charge is -2.14. The highest BCUT2D eigenvalue weighted by Gasteiger charge is 2.33. The molecule has 0 spiro atoms. The molecule has 0 aromatic heterocycles. The first-order valence-electron chi connectivity index (χ1n) is 5.60. The van der Waals surface area contributed by atoms with Crippen molar-refractivity contribution >= 4 is 5.97 Å². The average Bonchev–Trinajstić information content (AvgIpc) is 2.47. The van der Waals surface area contributed by atoms with Crippen LogP contribution in [-0.4, -0.2) is 35.6 Å². The molecule has 1 aliphatic heterocycles. The molecule has 1 saturated heterocycles. The molecule has 0 saturated carbocycles. The number of likely N-dealkylation sites (tertiary alicyclic amines) is 1. The molecule has 1 fully saturated rings. The molecule has 82 valence electrons. The van der Waals surface area contributed by atoms with Gasteiger partial charge in [-0.15, -0.1) is 0 Å². The van der Waals surface area contributed by atoms with Gasteiger partial charge in [-0.2, -0.15) is 0 Å². The summed E-state index contributed by atoms with van der Waals surface area (Å²) in [5.74, 6) is -0.457. The van der Waals surface area contributed by atoms with Gasteiger partial charge in [0.15, 0.2) is 0 Å². The van der Waals surface area contributed by atoms with Crippen LogP contribution in [0.2, 0.25) is 0 Å². The minimum atomic E-state index is -0.629. The van der Waals surface area contributed by atoms with Crippen LogP contribution in [0.25, 0.3) is 0 Å². The Bertz CT molecular complexity index is 194. The second kappa shape index (κ2) is 5.35. The highest BCUT2D eigenvalue weighted by molar-refractivity contribution is 5.71. The molecule has 0 bridgehead atoms. The summed E-state index contributed by atoms with van der Waals surface area (Å²) < 4.78 is 0. The summed E-state index contributed by atoms with van der Waals surface area (Å²) >= 11 is 0. The van der Waals surface area contributed by atoms with Crippen molar-refractivity contribution in [3.05, 3.63) is 0 Å². The van der Waals surface area contributed by atoms with Gasteiger partial charge in [0.05, 0.1) is 5.92 Å². The average molecular weight is 199 g/mol. The number of hydrogen-bond acceptors (Lipinski definition) is 2. The van der Waals surface area contributed by atoms with Gasteiger partial charge in [-0.05, 0) is 18.9 Å².